The van der Waals surface area contributed by atoms with Gasteiger partial charge in [0.05, 0.1) is 12.7 Å². The zero-order valence-electron chi connectivity index (χ0n) is 9.84. The summed E-state index contributed by atoms with van der Waals surface area (Å²) >= 11 is 8.98. The lowest BCUT2D eigenvalue weighted by Gasteiger charge is -2.05. The van der Waals surface area contributed by atoms with Crippen LogP contribution in [0, 0.1) is 0 Å². The number of hydrogen-bond acceptors (Lipinski definition) is 5. The van der Waals surface area contributed by atoms with Crippen molar-refractivity contribution in [1.29, 1.82) is 0 Å². The number of thiazole rings is 2. The fourth-order valence-corrected chi connectivity index (χ4v) is 3.21. The number of halogens is 1. The van der Waals surface area contributed by atoms with Gasteiger partial charge in [-0.25, -0.2) is 9.97 Å². The van der Waals surface area contributed by atoms with E-state index in [-0.39, 0.29) is 0 Å². The van der Waals surface area contributed by atoms with Gasteiger partial charge in [0.1, 0.15) is 14.4 Å². The van der Waals surface area contributed by atoms with Gasteiger partial charge in [-0.1, -0.05) is 23.7 Å². The van der Waals surface area contributed by atoms with E-state index < -0.39 is 0 Å². The second kappa shape index (κ2) is 5.69. The predicted molar refractivity (Wildman–Crippen MR) is 82.0 cm³/mol. The average Bonchev–Trinajstić information content (AvgIpc) is 3.08. The number of nitrogens with one attached hydrogen (secondary N) is 1. The monoisotopic (exact) mass is 307 g/mol. The molecule has 3 aromatic rings. The molecule has 0 aliphatic carbocycles. The maximum absolute atomic E-state index is 5.86. The molecule has 0 saturated heterocycles. The van der Waals surface area contributed by atoms with E-state index in [1.807, 2.05) is 23.7 Å². The Kier molecular flexibility index (Phi) is 3.77. The summed E-state index contributed by atoms with van der Waals surface area (Å²) in [7, 11) is 0. The van der Waals surface area contributed by atoms with Gasteiger partial charge in [-0.3, -0.25) is 0 Å². The van der Waals surface area contributed by atoms with Gasteiger partial charge in [0.15, 0.2) is 0 Å². The molecule has 1 N–H and O–H groups in total. The second-order valence-corrected chi connectivity index (χ2v) is 6.47. The zero-order valence-corrected chi connectivity index (χ0v) is 12.2. The van der Waals surface area contributed by atoms with E-state index in [1.54, 1.807) is 17.5 Å². The standard InChI is InChI=1S/C13H10ClN3S2/c14-11-7-17-12(19-11)8-16-10-3-1-2-9(6-10)13-15-4-5-18-13/h1-7,16H,8H2. The largest absolute Gasteiger partial charge is 0.379 e. The van der Waals surface area contributed by atoms with E-state index >= 15 is 0 Å². The summed E-state index contributed by atoms with van der Waals surface area (Å²) in [5, 5.41) is 7.33. The normalized spacial score (nSPS) is 10.6. The Balaban J connectivity index is 1.73. The number of nitrogens with zero attached hydrogens (tertiary/aromatic N) is 2. The molecular formula is C13H10ClN3S2. The third kappa shape index (κ3) is 3.12. The Morgan fingerprint density at radius 3 is 2.95 bits per heavy atom. The van der Waals surface area contributed by atoms with E-state index in [9.17, 15) is 0 Å². The van der Waals surface area contributed by atoms with Gasteiger partial charge in [-0.15, -0.1) is 22.7 Å². The van der Waals surface area contributed by atoms with Crippen LogP contribution in [0.4, 0.5) is 5.69 Å². The molecule has 0 amide bonds. The first-order valence-electron chi connectivity index (χ1n) is 5.65. The molecule has 3 rings (SSSR count). The van der Waals surface area contributed by atoms with E-state index in [2.05, 4.69) is 27.4 Å². The van der Waals surface area contributed by atoms with Crippen LogP contribution in [0.15, 0.2) is 42.0 Å². The number of hydrogen-bond donors (Lipinski definition) is 1. The van der Waals surface area contributed by atoms with Crippen molar-refractivity contribution < 1.29 is 0 Å². The van der Waals surface area contributed by atoms with Crippen molar-refractivity contribution in [2.75, 3.05) is 5.32 Å². The van der Waals surface area contributed by atoms with E-state index in [0.717, 1.165) is 21.3 Å². The fraction of sp³-hybridized carbons (Fsp3) is 0.0769. The van der Waals surface area contributed by atoms with Crippen LogP contribution in [-0.4, -0.2) is 9.97 Å². The smallest absolute Gasteiger partial charge is 0.123 e. The Morgan fingerprint density at radius 2 is 2.21 bits per heavy atom. The van der Waals surface area contributed by atoms with Gasteiger partial charge >= 0.3 is 0 Å². The van der Waals surface area contributed by atoms with Gasteiger partial charge in [-0.2, -0.15) is 0 Å². The molecule has 6 heteroatoms. The Labute approximate surface area is 123 Å². The van der Waals surface area contributed by atoms with Crippen LogP contribution in [-0.2, 0) is 6.54 Å². The van der Waals surface area contributed by atoms with Crippen LogP contribution < -0.4 is 5.32 Å². The van der Waals surface area contributed by atoms with Crippen molar-refractivity contribution in [2.24, 2.45) is 0 Å². The summed E-state index contributed by atoms with van der Waals surface area (Å²) in [6.45, 7) is 0.679. The first-order chi connectivity index (χ1) is 9.31. The molecule has 0 radical (unpaired) electrons. The number of aromatic nitrogens is 2. The fourth-order valence-electron chi connectivity index (χ4n) is 1.68. The summed E-state index contributed by atoms with van der Waals surface area (Å²) in [4.78, 5) is 8.53. The summed E-state index contributed by atoms with van der Waals surface area (Å²) in [6.07, 6.45) is 3.49. The minimum atomic E-state index is 0.679. The van der Waals surface area contributed by atoms with Crippen molar-refractivity contribution in [1.82, 2.24) is 9.97 Å². The molecule has 1 aromatic carbocycles. The van der Waals surface area contributed by atoms with E-state index in [0.29, 0.717) is 10.9 Å². The number of benzene rings is 1. The second-order valence-electron chi connectivity index (χ2n) is 3.83. The molecule has 19 heavy (non-hydrogen) atoms. The molecule has 0 aliphatic rings. The van der Waals surface area contributed by atoms with Crippen molar-refractivity contribution in [3.63, 3.8) is 0 Å². The number of rotatable bonds is 4. The maximum atomic E-state index is 5.86. The molecule has 0 atom stereocenters. The molecule has 0 spiro atoms. The molecule has 2 aromatic heterocycles. The van der Waals surface area contributed by atoms with Gasteiger partial charge in [0, 0.05) is 22.8 Å². The van der Waals surface area contributed by atoms with Crippen molar-refractivity contribution in [2.45, 2.75) is 6.54 Å². The molecular weight excluding hydrogens is 298 g/mol. The highest BCUT2D eigenvalue weighted by molar-refractivity contribution is 7.15. The van der Waals surface area contributed by atoms with Crippen LogP contribution >= 0.6 is 34.3 Å². The Bertz CT molecular complexity index is 664. The van der Waals surface area contributed by atoms with Crippen LogP contribution in [0.25, 0.3) is 10.6 Å². The quantitative estimate of drug-likeness (QED) is 0.769. The average molecular weight is 308 g/mol. The Hall–Kier alpha value is -1.43. The van der Waals surface area contributed by atoms with Crippen molar-refractivity contribution >= 4 is 40.0 Å². The van der Waals surface area contributed by atoms with Gasteiger partial charge < -0.3 is 5.32 Å². The van der Waals surface area contributed by atoms with Gasteiger partial charge in [0.2, 0.25) is 0 Å². The summed E-state index contributed by atoms with van der Waals surface area (Å²) in [5.41, 5.74) is 2.18. The molecule has 0 aliphatic heterocycles. The molecule has 0 saturated carbocycles. The molecule has 0 bridgehead atoms. The third-order valence-corrected chi connectivity index (χ3v) is 4.45. The van der Waals surface area contributed by atoms with E-state index in [1.165, 1.54) is 11.3 Å². The lowest BCUT2D eigenvalue weighted by atomic mass is 10.2. The van der Waals surface area contributed by atoms with Gasteiger partial charge in [0.25, 0.3) is 0 Å². The zero-order chi connectivity index (χ0) is 13.1. The molecule has 0 unspecified atom stereocenters. The highest BCUT2D eigenvalue weighted by atomic mass is 35.5. The minimum absolute atomic E-state index is 0.679. The summed E-state index contributed by atoms with van der Waals surface area (Å²) < 4.78 is 0.716. The molecule has 0 fully saturated rings. The minimum Gasteiger partial charge on any atom is -0.379 e. The predicted octanol–water partition coefficient (Wildman–Crippen LogP) is 4.53. The lowest BCUT2D eigenvalue weighted by Crippen LogP contribution is -1.98. The SMILES string of the molecule is Clc1cnc(CNc2cccc(-c3nccs3)c2)s1. The molecule has 3 nitrogen and oxygen atoms in total. The number of anilines is 1. The van der Waals surface area contributed by atoms with Crippen molar-refractivity contribution in [3.05, 3.63) is 51.4 Å². The molecule has 2 heterocycles. The first kappa shape index (κ1) is 12.6. The highest BCUT2D eigenvalue weighted by Crippen LogP contribution is 2.25. The van der Waals surface area contributed by atoms with Crippen molar-refractivity contribution in [3.8, 4) is 10.6 Å². The van der Waals surface area contributed by atoms with E-state index in [4.69, 9.17) is 11.6 Å². The Morgan fingerprint density at radius 1 is 1.26 bits per heavy atom. The third-order valence-electron chi connectivity index (χ3n) is 2.51. The lowest BCUT2D eigenvalue weighted by molar-refractivity contribution is 1.10. The molecule has 96 valence electrons. The topological polar surface area (TPSA) is 37.8 Å². The van der Waals surface area contributed by atoms with Crippen LogP contribution in [0.2, 0.25) is 4.34 Å². The maximum Gasteiger partial charge on any atom is 0.123 e. The summed E-state index contributed by atoms with van der Waals surface area (Å²) in [6, 6.07) is 8.21. The van der Waals surface area contributed by atoms with Crippen LogP contribution in [0.3, 0.4) is 0 Å². The highest BCUT2D eigenvalue weighted by Gasteiger charge is 2.03. The van der Waals surface area contributed by atoms with Crippen LogP contribution in [0.1, 0.15) is 5.01 Å². The van der Waals surface area contributed by atoms with Crippen LogP contribution in [0.5, 0.6) is 0 Å². The first-order valence-corrected chi connectivity index (χ1v) is 7.73. The van der Waals surface area contributed by atoms with Gasteiger partial charge in [-0.05, 0) is 12.1 Å². The summed E-state index contributed by atoms with van der Waals surface area (Å²) in [5.74, 6) is 0.